The Morgan fingerprint density at radius 1 is 1.13 bits per heavy atom. The molecule has 2 aliphatic rings. The van der Waals surface area contributed by atoms with Gasteiger partial charge in [0, 0.05) is 25.6 Å². The van der Waals surface area contributed by atoms with Gasteiger partial charge in [0.15, 0.2) is 0 Å². The molecule has 3 rings (SSSR count). The van der Waals surface area contributed by atoms with Gasteiger partial charge in [-0.05, 0) is 24.8 Å². The molecule has 2 fully saturated rings. The predicted molar refractivity (Wildman–Crippen MR) is 89.8 cm³/mol. The zero-order valence-electron chi connectivity index (χ0n) is 13.7. The topological polar surface area (TPSA) is 49.4 Å². The van der Waals surface area contributed by atoms with Gasteiger partial charge < -0.3 is 10.2 Å². The van der Waals surface area contributed by atoms with Crippen molar-refractivity contribution in [2.75, 3.05) is 13.1 Å². The van der Waals surface area contributed by atoms with Gasteiger partial charge in [-0.2, -0.15) is 0 Å². The second kappa shape index (κ2) is 7.62. The molecule has 1 N–H and O–H groups in total. The Kier molecular flexibility index (Phi) is 5.31. The monoisotopic (exact) mass is 314 g/mol. The van der Waals surface area contributed by atoms with Crippen LogP contribution in [0, 0.1) is 5.92 Å². The van der Waals surface area contributed by atoms with Gasteiger partial charge in [0.2, 0.25) is 11.8 Å². The van der Waals surface area contributed by atoms with Gasteiger partial charge in [-0.25, -0.2) is 0 Å². The van der Waals surface area contributed by atoms with Crippen LogP contribution >= 0.6 is 0 Å². The summed E-state index contributed by atoms with van der Waals surface area (Å²) in [5, 5.41) is 3.00. The normalized spacial score (nSPS) is 22.3. The van der Waals surface area contributed by atoms with Crippen LogP contribution in [0.25, 0.3) is 0 Å². The number of nitrogens with zero attached hydrogens (tertiary/aromatic N) is 1. The molecule has 1 heterocycles. The van der Waals surface area contributed by atoms with Crippen LogP contribution < -0.4 is 5.32 Å². The van der Waals surface area contributed by atoms with Gasteiger partial charge in [0.05, 0.1) is 5.92 Å². The first-order valence-electron chi connectivity index (χ1n) is 8.85. The molecule has 1 saturated carbocycles. The van der Waals surface area contributed by atoms with E-state index in [0.29, 0.717) is 25.6 Å². The lowest BCUT2D eigenvalue weighted by Crippen LogP contribution is -2.39. The molecule has 4 heteroatoms. The second-order valence-electron chi connectivity index (χ2n) is 6.77. The van der Waals surface area contributed by atoms with Gasteiger partial charge in [0.25, 0.3) is 0 Å². The van der Waals surface area contributed by atoms with E-state index in [0.717, 1.165) is 19.3 Å². The molecule has 1 aromatic rings. The summed E-state index contributed by atoms with van der Waals surface area (Å²) < 4.78 is 0. The van der Waals surface area contributed by atoms with Crippen LogP contribution in [0.1, 0.15) is 44.1 Å². The number of rotatable bonds is 5. The molecule has 0 unspecified atom stereocenters. The van der Waals surface area contributed by atoms with E-state index in [1.807, 2.05) is 23.1 Å². The molecule has 0 bridgehead atoms. The van der Waals surface area contributed by atoms with Gasteiger partial charge in [0.1, 0.15) is 0 Å². The molecular formula is C19H26N2O2. The first kappa shape index (κ1) is 16.0. The fourth-order valence-electron chi connectivity index (χ4n) is 3.77. The lowest BCUT2D eigenvalue weighted by molar-refractivity contribution is -0.130. The molecule has 0 radical (unpaired) electrons. The summed E-state index contributed by atoms with van der Waals surface area (Å²) in [6.45, 7) is 1.25. The van der Waals surface area contributed by atoms with E-state index in [1.54, 1.807) is 0 Å². The van der Waals surface area contributed by atoms with Crippen molar-refractivity contribution in [1.82, 2.24) is 10.2 Å². The number of benzene rings is 1. The number of likely N-dealkylation sites (tertiary alicyclic amines) is 1. The van der Waals surface area contributed by atoms with Crippen molar-refractivity contribution in [2.45, 2.75) is 51.0 Å². The lowest BCUT2D eigenvalue weighted by Gasteiger charge is -2.31. The van der Waals surface area contributed by atoms with Gasteiger partial charge in [-0.1, -0.05) is 49.6 Å². The number of hydrogen-bond donors (Lipinski definition) is 1. The Bertz CT molecular complexity index is 538. The number of hydrogen-bond acceptors (Lipinski definition) is 2. The van der Waals surface area contributed by atoms with Crippen LogP contribution in [0.5, 0.6) is 0 Å². The Balaban J connectivity index is 1.45. The molecule has 1 aromatic carbocycles. The number of amides is 2. The fraction of sp³-hybridized carbons (Fsp3) is 0.579. The Labute approximate surface area is 138 Å². The van der Waals surface area contributed by atoms with E-state index >= 15 is 0 Å². The van der Waals surface area contributed by atoms with E-state index in [4.69, 9.17) is 0 Å². The predicted octanol–water partition coefficient (Wildman–Crippen LogP) is 2.53. The van der Waals surface area contributed by atoms with Crippen molar-refractivity contribution in [2.24, 2.45) is 5.92 Å². The summed E-state index contributed by atoms with van der Waals surface area (Å²) in [6, 6.07) is 10.5. The van der Waals surface area contributed by atoms with Crippen molar-refractivity contribution < 1.29 is 9.59 Å². The first-order valence-corrected chi connectivity index (χ1v) is 8.85. The first-order chi connectivity index (χ1) is 11.2. The van der Waals surface area contributed by atoms with Crippen LogP contribution in [-0.2, 0) is 16.0 Å². The highest BCUT2D eigenvalue weighted by Gasteiger charge is 2.37. The summed E-state index contributed by atoms with van der Waals surface area (Å²) in [5.74, 6) is 0.0351. The third-order valence-corrected chi connectivity index (χ3v) is 5.10. The third-order valence-electron chi connectivity index (χ3n) is 5.10. The minimum atomic E-state index is -0.166. The highest BCUT2D eigenvalue weighted by Crippen LogP contribution is 2.28. The summed E-state index contributed by atoms with van der Waals surface area (Å²) in [7, 11) is 0. The number of nitrogens with one attached hydrogen (secondary N) is 1. The third kappa shape index (κ3) is 4.12. The van der Waals surface area contributed by atoms with Crippen molar-refractivity contribution in [3.05, 3.63) is 35.9 Å². The molecule has 0 spiro atoms. The largest absolute Gasteiger partial charge is 0.355 e. The standard InChI is InChI=1S/C19H26N2O2/c22-18-13-16(14-21(18)17-9-5-2-6-10-17)19(23)20-12-11-15-7-3-1-4-8-15/h1,3-4,7-8,16-17H,2,5-6,9-14H2,(H,20,23)/t16-/m0/s1. The maximum absolute atomic E-state index is 12.3. The van der Waals surface area contributed by atoms with Crippen LogP contribution in [0.3, 0.4) is 0 Å². The van der Waals surface area contributed by atoms with E-state index in [2.05, 4.69) is 17.4 Å². The molecule has 1 aliphatic heterocycles. The minimum Gasteiger partial charge on any atom is -0.355 e. The second-order valence-corrected chi connectivity index (χ2v) is 6.77. The summed E-state index contributed by atoms with van der Waals surface area (Å²) >= 11 is 0. The van der Waals surface area contributed by atoms with E-state index < -0.39 is 0 Å². The fourth-order valence-corrected chi connectivity index (χ4v) is 3.77. The number of carbonyl (C=O) groups is 2. The molecule has 23 heavy (non-hydrogen) atoms. The van der Waals surface area contributed by atoms with Crippen LogP contribution in [0.2, 0.25) is 0 Å². The van der Waals surface area contributed by atoms with E-state index in [-0.39, 0.29) is 17.7 Å². The van der Waals surface area contributed by atoms with Crippen molar-refractivity contribution in [3.8, 4) is 0 Å². The van der Waals surface area contributed by atoms with Crippen molar-refractivity contribution in [3.63, 3.8) is 0 Å². The van der Waals surface area contributed by atoms with Crippen molar-refractivity contribution >= 4 is 11.8 Å². The maximum Gasteiger partial charge on any atom is 0.225 e. The molecule has 4 nitrogen and oxygen atoms in total. The minimum absolute atomic E-state index is 0.0348. The van der Waals surface area contributed by atoms with Crippen LogP contribution in [0.15, 0.2) is 30.3 Å². The van der Waals surface area contributed by atoms with E-state index in [1.165, 1.54) is 24.8 Å². The molecule has 0 aromatic heterocycles. The van der Waals surface area contributed by atoms with Crippen LogP contribution in [0.4, 0.5) is 0 Å². The molecule has 1 atom stereocenters. The average molecular weight is 314 g/mol. The molecule has 124 valence electrons. The highest BCUT2D eigenvalue weighted by molar-refractivity contribution is 5.89. The summed E-state index contributed by atoms with van der Waals surface area (Å²) in [5.41, 5.74) is 1.22. The SMILES string of the molecule is O=C(NCCc1ccccc1)[C@H]1CC(=O)N(C2CCCCC2)C1. The highest BCUT2D eigenvalue weighted by atomic mass is 16.2. The lowest BCUT2D eigenvalue weighted by atomic mass is 9.94. The van der Waals surface area contributed by atoms with Gasteiger partial charge in [-0.15, -0.1) is 0 Å². The molecule has 1 aliphatic carbocycles. The number of carbonyl (C=O) groups excluding carboxylic acids is 2. The zero-order chi connectivity index (χ0) is 16.1. The Morgan fingerprint density at radius 3 is 2.61 bits per heavy atom. The summed E-state index contributed by atoms with van der Waals surface area (Å²) in [6.07, 6.45) is 7.13. The smallest absolute Gasteiger partial charge is 0.225 e. The molecule has 1 saturated heterocycles. The summed E-state index contributed by atoms with van der Waals surface area (Å²) in [4.78, 5) is 26.5. The maximum atomic E-state index is 12.3. The molecule has 2 amide bonds. The quantitative estimate of drug-likeness (QED) is 0.908. The zero-order valence-corrected chi connectivity index (χ0v) is 13.7. The van der Waals surface area contributed by atoms with Gasteiger partial charge in [-0.3, -0.25) is 9.59 Å². The Morgan fingerprint density at radius 2 is 1.87 bits per heavy atom. The Hall–Kier alpha value is -1.84. The average Bonchev–Trinajstić information content (AvgIpc) is 2.98. The van der Waals surface area contributed by atoms with Crippen molar-refractivity contribution in [1.29, 1.82) is 0 Å². The van der Waals surface area contributed by atoms with E-state index in [9.17, 15) is 9.59 Å². The van der Waals surface area contributed by atoms with Crippen LogP contribution in [-0.4, -0.2) is 35.8 Å². The molecular weight excluding hydrogens is 288 g/mol. The van der Waals surface area contributed by atoms with Gasteiger partial charge >= 0.3 is 0 Å².